The van der Waals surface area contributed by atoms with E-state index in [9.17, 15) is 24.6 Å². The molecule has 192 valence electrons. The second-order valence-corrected chi connectivity index (χ2v) is 9.32. The molecule has 0 radical (unpaired) electrons. The highest BCUT2D eigenvalue weighted by molar-refractivity contribution is 6.13. The Labute approximate surface area is 214 Å². The topological polar surface area (TPSA) is 117 Å². The van der Waals surface area contributed by atoms with Gasteiger partial charge in [-0.05, 0) is 48.4 Å². The van der Waals surface area contributed by atoms with Gasteiger partial charge in [-0.15, -0.1) is 6.58 Å². The SMILES string of the molecule is C=CCN(C(=O)C1N(c2ccc(CCO)cc2)C(=O)C2C(C(=O)O)C3C=CC21O3)c1ccc(OC)cc1. The molecule has 3 aliphatic heterocycles. The molecule has 5 atom stereocenters. The number of aliphatic hydroxyl groups excluding tert-OH is 1. The highest BCUT2D eigenvalue weighted by atomic mass is 16.5. The minimum Gasteiger partial charge on any atom is -0.497 e. The minimum absolute atomic E-state index is 0.0209. The number of nitrogens with zero attached hydrogens (tertiary/aromatic N) is 2. The van der Waals surface area contributed by atoms with Crippen molar-refractivity contribution in [3.63, 3.8) is 0 Å². The van der Waals surface area contributed by atoms with Crippen molar-refractivity contribution in [1.29, 1.82) is 0 Å². The molecule has 3 heterocycles. The number of methoxy groups -OCH3 is 1. The van der Waals surface area contributed by atoms with E-state index in [1.165, 1.54) is 9.80 Å². The third-order valence-corrected chi connectivity index (χ3v) is 7.37. The summed E-state index contributed by atoms with van der Waals surface area (Å²) < 4.78 is 11.4. The van der Waals surface area contributed by atoms with E-state index >= 15 is 0 Å². The van der Waals surface area contributed by atoms with Gasteiger partial charge in [-0.1, -0.05) is 30.4 Å². The first-order valence-corrected chi connectivity index (χ1v) is 12.1. The number of ether oxygens (including phenoxy) is 2. The van der Waals surface area contributed by atoms with Crippen molar-refractivity contribution in [3.05, 3.63) is 78.9 Å². The fourth-order valence-electron chi connectivity index (χ4n) is 5.73. The fourth-order valence-corrected chi connectivity index (χ4v) is 5.73. The van der Waals surface area contributed by atoms with Gasteiger partial charge in [0.1, 0.15) is 23.3 Å². The molecule has 0 saturated carbocycles. The summed E-state index contributed by atoms with van der Waals surface area (Å²) in [6.07, 6.45) is 4.57. The predicted octanol–water partition coefficient (Wildman–Crippen LogP) is 2.19. The molecule has 2 bridgehead atoms. The van der Waals surface area contributed by atoms with Crippen LogP contribution in [0.3, 0.4) is 0 Å². The van der Waals surface area contributed by atoms with Crippen LogP contribution < -0.4 is 14.5 Å². The molecule has 9 heteroatoms. The first-order chi connectivity index (χ1) is 17.9. The zero-order valence-corrected chi connectivity index (χ0v) is 20.3. The number of hydrogen-bond acceptors (Lipinski definition) is 6. The standard InChI is InChI=1S/C28H28N2O7/c1-3-15-29(18-8-10-20(36-2)11-9-18)26(33)24-28-14-12-21(37-28)22(27(34)35)23(28)25(32)30(24)19-6-4-17(5-7-19)13-16-31/h3-12,14,21-24,31H,1,13,15-16H2,2H3,(H,34,35). The molecule has 2 fully saturated rings. The lowest BCUT2D eigenvalue weighted by atomic mass is 9.74. The van der Waals surface area contributed by atoms with Gasteiger partial charge in [-0.25, -0.2) is 0 Å². The summed E-state index contributed by atoms with van der Waals surface area (Å²) in [4.78, 5) is 43.3. The summed E-state index contributed by atoms with van der Waals surface area (Å²) in [5.74, 6) is -3.55. The molecule has 3 aliphatic rings. The molecular formula is C28H28N2O7. The maximum absolute atomic E-state index is 14.3. The molecule has 1 spiro atoms. The first kappa shape index (κ1) is 24.7. The molecule has 2 aromatic carbocycles. The normalized spacial score (nSPS) is 27.3. The number of anilines is 2. The van der Waals surface area contributed by atoms with Crippen LogP contribution in [0.2, 0.25) is 0 Å². The van der Waals surface area contributed by atoms with Crippen molar-refractivity contribution in [2.75, 3.05) is 30.1 Å². The maximum Gasteiger partial charge on any atom is 0.310 e. The lowest BCUT2D eigenvalue weighted by Crippen LogP contribution is -2.56. The van der Waals surface area contributed by atoms with Gasteiger partial charge in [0.05, 0.1) is 19.1 Å². The molecule has 5 unspecified atom stereocenters. The van der Waals surface area contributed by atoms with Crippen LogP contribution in [0.1, 0.15) is 5.56 Å². The van der Waals surface area contributed by atoms with E-state index in [2.05, 4.69) is 6.58 Å². The van der Waals surface area contributed by atoms with Gasteiger partial charge in [-0.2, -0.15) is 0 Å². The lowest BCUT2D eigenvalue weighted by molar-refractivity contribution is -0.146. The van der Waals surface area contributed by atoms with Crippen LogP contribution >= 0.6 is 0 Å². The second kappa shape index (κ2) is 9.49. The van der Waals surface area contributed by atoms with E-state index in [-0.39, 0.29) is 13.2 Å². The van der Waals surface area contributed by atoms with Crippen molar-refractivity contribution < 1.29 is 34.1 Å². The van der Waals surface area contributed by atoms with Gasteiger partial charge >= 0.3 is 5.97 Å². The minimum atomic E-state index is -1.42. The van der Waals surface area contributed by atoms with Gasteiger partial charge in [0.2, 0.25) is 5.91 Å². The average Bonchev–Trinajstić information content (AvgIpc) is 3.55. The van der Waals surface area contributed by atoms with E-state index in [4.69, 9.17) is 9.47 Å². The van der Waals surface area contributed by atoms with Crippen LogP contribution in [0.5, 0.6) is 5.75 Å². The van der Waals surface area contributed by atoms with E-state index in [1.54, 1.807) is 73.9 Å². The number of aliphatic hydroxyl groups is 1. The number of benzene rings is 2. The predicted molar refractivity (Wildman–Crippen MR) is 135 cm³/mol. The number of carbonyl (C=O) groups is 3. The van der Waals surface area contributed by atoms with E-state index in [1.807, 2.05) is 0 Å². The lowest BCUT2D eigenvalue weighted by Gasteiger charge is -2.36. The molecule has 2 aromatic rings. The molecular weight excluding hydrogens is 476 g/mol. The second-order valence-electron chi connectivity index (χ2n) is 9.32. The Balaban J connectivity index is 1.61. The zero-order valence-electron chi connectivity index (χ0n) is 20.3. The third kappa shape index (κ3) is 3.82. The Hall–Kier alpha value is -3.95. The number of carbonyl (C=O) groups excluding carboxylic acids is 2. The summed E-state index contributed by atoms with van der Waals surface area (Å²) in [5, 5.41) is 19.2. The summed E-state index contributed by atoms with van der Waals surface area (Å²) in [5.41, 5.74) is 0.470. The molecule has 0 aliphatic carbocycles. The Morgan fingerprint density at radius 2 is 1.89 bits per heavy atom. The molecule has 9 nitrogen and oxygen atoms in total. The number of fused-ring (bicyclic) bond motifs is 1. The van der Waals surface area contributed by atoms with Crippen molar-refractivity contribution in [1.82, 2.24) is 0 Å². The largest absolute Gasteiger partial charge is 0.497 e. The van der Waals surface area contributed by atoms with Gasteiger partial charge < -0.3 is 24.6 Å². The highest BCUT2D eigenvalue weighted by Crippen LogP contribution is 2.56. The van der Waals surface area contributed by atoms with Gasteiger partial charge in [0, 0.05) is 24.5 Å². The van der Waals surface area contributed by atoms with Crippen LogP contribution in [-0.2, 0) is 25.5 Å². The van der Waals surface area contributed by atoms with Crippen LogP contribution in [0.25, 0.3) is 0 Å². The molecule has 5 rings (SSSR count). The fraction of sp³-hybridized carbons (Fsp3) is 0.321. The molecule has 2 amide bonds. The Bertz CT molecular complexity index is 1260. The van der Waals surface area contributed by atoms with Gasteiger partial charge in [0.25, 0.3) is 5.91 Å². The van der Waals surface area contributed by atoms with Gasteiger partial charge in [-0.3, -0.25) is 19.3 Å². The molecule has 2 N–H and O–H groups in total. The summed E-state index contributed by atoms with van der Waals surface area (Å²) in [7, 11) is 1.55. The van der Waals surface area contributed by atoms with Crippen molar-refractivity contribution in [2.24, 2.45) is 11.8 Å². The van der Waals surface area contributed by atoms with Crippen molar-refractivity contribution in [3.8, 4) is 5.75 Å². The first-order valence-electron chi connectivity index (χ1n) is 12.1. The molecule has 37 heavy (non-hydrogen) atoms. The van der Waals surface area contributed by atoms with E-state index in [0.29, 0.717) is 23.5 Å². The Kier molecular flexibility index (Phi) is 6.35. The monoisotopic (exact) mass is 504 g/mol. The average molecular weight is 505 g/mol. The number of amides is 2. The number of hydrogen-bond donors (Lipinski definition) is 2. The number of carboxylic acids is 1. The van der Waals surface area contributed by atoms with Gasteiger partial charge in [0.15, 0.2) is 0 Å². The van der Waals surface area contributed by atoms with Crippen molar-refractivity contribution in [2.45, 2.75) is 24.2 Å². The summed E-state index contributed by atoms with van der Waals surface area (Å²) in [6.45, 7) is 3.93. The quantitative estimate of drug-likeness (QED) is 0.503. The third-order valence-electron chi connectivity index (χ3n) is 7.37. The number of rotatable bonds is 9. The Morgan fingerprint density at radius 1 is 1.19 bits per heavy atom. The number of carboxylic acid groups (broad SMARTS) is 1. The van der Waals surface area contributed by atoms with E-state index in [0.717, 1.165) is 5.56 Å². The molecule has 0 aromatic heterocycles. The zero-order chi connectivity index (χ0) is 26.3. The summed E-state index contributed by atoms with van der Waals surface area (Å²) in [6, 6.07) is 12.8. The molecule has 2 saturated heterocycles. The van der Waals surface area contributed by atoms with Crippen LogP contribution in [-0.4, -0.2) is 66.0 Å². The number of aliphatic carboxylic acids is 1. The summed E-state index contributed by atoms with van der Waals surface area (Å²) >= 11 is 0. The van der Waals surface area contributed by atoms with Crippen LogP contribution in [0, 0.1) is 11.8 Å². The van der Waals surface area contributed by atoms with Crippen molar-refractivity contribution >= 4 is 29.2 Å². The van der Waals surface area contributed by atoms with E-state index < -0.39 is 47.4 Å². The highest BCUT2D eigenvalue weighted by Gasteiger charge is 2.73. The Morgan fingerprint density at radius 3 is 2.49 bits per heavy atom. The van der Waals surface area contributed by atoms with Crippen LogP contribution in [0.4, 0.5) is 11.4 Å². The smallest absolute Gasteiger partial charge is 0.310 e. The maximum atomic E-state index is 14.3. The van der Waals surface area contributed by atoms with Crippen LogP contribution in [0.15, 0.2) is 73.3 Å².